The Hall–Kier alpha value is -1.35. The number of carbonyl (C=O) groups excluding carboxylic acids is 1. The Bertz CT molecular complexity index is 381. The number of carbonyl (C=O) groups is 1. The van der Waals surface area contributed by atoms with Crippen LogP contribution in [0.5, 0.6) is 0 Å². The summed E-state index contributed by atoms with van der Waals surface area (Å²) in [5, 5.41) is 10.3. The van der Waals surface area contributed by atoms with Crippen LogP contribution in [-0.4, -0.2) is 11.0 Å². The number of benzene rings is 1. The third-order valence-electron chi connectivity index (χ3n) is 3.12. The molecule has 3 heteroatoms. The molecule has 1 saturated carbocycles. The van der Waals surface area contributed by atoms with E-state index in [0.29, 0.717) is 5.56 Å². The van der Waals surface area contributed by atoms with Crippen molar-refractivity contribution in [1.29, 1.82) is 0 Å². The molecule has 0 aromatic heterocycles. The first-order valence-electron chi connectivity index (χ1n) is 5.24. The minimum Gasteiger partial charge on any atom is -0.385 e. The normalized spacial score (nSPS) is 19.0. The first kappa shape index (κ1) is 10.2. The fourth-order valence-electron chi connectivity index (χ4n) is 2.21. The van der Waals surface area contributed by atoms with Crippen molar-refractivity contribution in [2.75, 3.05) is 0 Å². The maximum absolute atomic E-state index is 11.0. The van der Waals surface area contributed by atoms with E-state index in [2.05, 4.69) is 0 Å². The van der Waals surface area contributed by atoms with Gasteiger partial charge in [0.05, 0.1) is 5.60 Å². The summed E-state index contributed by atoms with van der Waals surface area (Å²) >= 11 is 0. The van der Waals surface area contributed by atoms with E-state index in [0.717, 1.165) is 31.2 Å². The van der Waals surface area contributed by atoms with Gasteiger partial charge in [-0.15, -0.1) is 0 Å². The van der Waals surface area contributed by atoms with Gasteiger partial charge in [-0.1, -0.05) is 25.0 Å². The van der Waals surface area contributed by atoms with E-state index in [1.54, 1.807) is 18.2 Å². The molecule has 1 aromatic rings. The quantitative estimate of drug-likeness (QED) is 0.769. The predicted molar refractivity (Wildman–Crippen MR) is 57.3 cm³/mol. The van der Waals surface area contributed by atoms with E-state index < -0.39 is 11.5 Å². The number of primary amides is 1. The van der Waals surface area contributed by atoms with Gasteiger partial charge in [-0.3, -0.25) is 4.79 Å². The lowest BCUT2D eigenvalue weighted by Gasteiger charge is -2.22. The highest BCUT2D eigenvalue weighted by Crippen LogP contribution is 2.38. The van der Waals surface area contributed by atoms with Crippen LogP contribution in [0.25, 0.3) is 0 Å². The number of hydrogen-bond donors (Lipinski definition) is 2. The monoisotopic (exact) mass is 205 g/mol. The fraction of sp³-hybridized carbons (Fsp3) is 0.417. The van der Waals surface area contributed by atoms with Crippen LogP contribution in [0.1, 0.15) is 41.6 Å². The molecule has 1 aromatic carbocycles. The van der Waals surface area contributed by atoms with Gasteiger partial charge in [0.25, 0.3) is 0 Å². The Morgan fingerprint density at radius 2 is 2.00 bits per heavy atom. The molecule has 0 saturated heterocycles. The zero-order valence-corrected chi connectivity index (χ0v) is 8.57. The molecule has 0 spiro atoms. The molecule has 0 radical (unpaired) electrons. The predicted octanol–water partition coefficient (Wildman–Crippen LogP) is 1.55. The Labute approximate surface area is 88.9 Å². The molecular formula is C12H15NO2. The van der Waals surface area contributed by atoms with Crippen LogP contribution in [0.15, 0.2) is 24.3 Å². The van der Waals surface area contributed by atoms with Crippen LogP contribution in [0.4, 0.5) is 0 Å². The molecule has 1 fully saturated rings. The SMILES string of the molecule is NC(=O)c1cccc(C2(O)CCCC2)c1. The molecule has 3 nitrogen and oxygen atoms in total. The minimum atomic E-state index is -0.745. The highest BCUT2D eigenvalue weighted by Gasteiger charge is 2.33. The van der Waals surface area contributed by atoms with Gasteiger partial charge in [-0.25, -0.2) is 0 Å². The fourth-order valence-corrected chi connectivity index (χ4v) is 2.21. The number of rotatable bonds is 2. The second kappa shape index (κ2) is 3.66. The van der Waals surface area contributed by atoms with E-state index in [1.165, 1.54) is 0 Å². The van der Waals surface area contributed by atoms with Crippen LogP contribution in [0.2, 0.25) is 0 Å². The maximum Gasteiger partial charge on any atom is 0.248 e. The zero-order chi connectivity index (χ0) is 10.9. The third-order valence-corrected chi connectivity index (χ3v) is 3.12. The largest absolute Gasteiger partial charge is 0.385 e. The Morgan fingerprint density at radius 1 is 1.33 bits per heavy atom. The molecule has 80 valence electrons. The van der Waals surface area contributed by atoms with Crippen molar-refractivity contribution < 1.29 is 9.90 Å². The van der Waals surface area contributed by atoms with Crippen molar-refractivity contribution in [3.63, 3.8) is 0 Å². The van der Waals surface area contributed by atoms with Gasteiger partial charge in [0, 0.05) is 5.56 Å². The molecule has 0 aliphatic heterocycles. The van der Waals surface area contributed by atoms with E-state index in [9.17, 15) is 9.90 Å². The minimum absolute atomic E-state index is 0.446. The molecule has 2 rings (SSSR count). The number of aliphatic hydroxyl groups is 1. The lowest BCUT2D eigenvalue weighted by molar-refractivity contribution is 0.0444. The van der Waals surface area contributed by atoms with Crippen molar-refractivity contribution in [2.24, 2.45) is 5.73 Å². The summed E-state index contributed by atoms with van der Waals surface area (Å²) in [6.45, 7) is 0. The van der Waals surface area contributed by atoms with Gasteiger partial charge in [-0.2, -0.15) is 0 Å². The Balaban J connectivity index is 2.36. The van der Waals surface area contributed by atoms with Crippen LogP contribution >= 0.6 is 0 Å². The summed E-state index contributed by atoms with van der Waals surface area (Å²) in [6.07, 6.45) is 3.62. The summed E-state index contributed by atoms with van der Waals surface area (Å²) in [6, 6.07) is 7.00. The average molecular weight is 205 g/mol. The molecule has 1 amide bonds. The Kier molecular flexibility index (Phi) is 2.49. The first-order chi connectivity index (χ1) is 7.12. The summed E-state index contributed by atoms with van der Waals surface area (Å²) in [5.41, 5.74) is 5.74. The average Bonchev–Trinajstić information content (AvgIpc) is 2.67. The van der Waals surface area contributed by atoms with Gasteiger partial charge >= 0.3 is 0 Å². The van der Waals surface area contributed by atoms with Crippen molar-refractivity contribution >= 4 is 5.91 Å². The third kappa shape index (κ3) is 1.88. The second-order valence-corrected chi connectivity index (χ2v) is 4.18. The van der Waals surface area contributed by atoms with E-state index in [1.807, 2.05) is 6.07 Å². The second-order valence-electron chi connectivity index (χ2n) is 4.18. The van der Waals surface area contributed by atoms with Crippen molar-refractivity contribution in [3.05, 3.63) is 35.4 Å². The van der Waals surface area contributed by atoms with Gasteiger partial charge in [-0.05, 0) is 30.5 Å². The molecule has 3 N–H and O–H groups in total. The first-order valence-corrected chi connectivity index (χ1v) is 5.24. The summed E-state index contributed by atoms with van der Waals surface area (Å²) in [7, 11) is 0. The standard InChI is InChI=1S/C12H15NO2/c13-11(14)9-4-3-5-10(8-9)12(15)6-1-2-7-12/h3-5,8,15H,1-2,6-7H2,(H2,13,14). The van der Waals surface area contributed by atoms with E-state index >= 15 is 0 Å². The van der Waals surface area contributed by atoms with E-state index in [-0.39, 0.29) is 0 Å². The van der Waals surface area contributed by atoms with E-state index in [4.69, 9.17) is 5.73 Å². The van der Waals surface area contributed by atoms with Gasteiger partial charge in [0.1, 0.15) is 0 Å². The molecular weight excluding hydrogens is 190 g/mol. The number of nitrogens with two attached hydrogens (primary N) is 1. The molecule has 1 aliphatic rings. The molecule has 0 bridgehead atoms. The molecule has 15 heavy (non-hydrogen) atoms. The lowest BCUT2D eigenvalue weighted by atomic mass is 9.91. The lowest BCUT2D eigenvalue weighted by Crippen LogP contribution is -2.22. The van der Waals surface area contributed by atoms with Crippen molar-refractivity contribution in [2.45, 2.75) is 31.3 Å². The smallest absolute Gasteiger partial charge is 0.248 e. The molecule has 1 aliphatic carbocycles. The topological polar surface area (TPSA) is 63.3 Å². The maximum atomic E-state index is 11.0. The van der Waals surface area contributed by atoms with Crippen LogP contribution < -0.4 is 5.73 Å². The number of amides is 1. The zero-order valence-electron chi connectivity index (χ0n) is 8.57. The summed E-state index contributed by atoms with van der Waals surface area (Å²) < 4.78 is 0. The molecule has 0 unspecified atom stereocenters. The Morgan fingerprint density at radius 3 is 2.60 bits per heavy atom. The van der Waals surface area contributed by atoms with Gasteiger partial charge < -0.3 is 10.8 Å². The highest BCUT2D eigenvalue weighted by molar-refractivity contribution is 5.92. The highest BCUT2D eigenvalue weighted by atomic mass is 16.3. The molecule has 0 heterocycles. The van der Waals surface area contributed by atoms with Crippen molar-refractivity contribution in [3.8, 4) is 0 Å². The van der Waals surface area contributed by atoms with Crippen LogP contribution in [0, 0.1) is 0 Å². The van der Waals surface area contributed by atoms with Crippen molar-refractivity contribution in [1.82, 2.24) is 0 Å². The number of hydrogen-bond acceptors (Lipinski definition) is 2. The van der Waals surface area contributed by atoms with Crippen LogP contribution in [-0.2, 0) is 5.60 Å². The summed E-state index contributed by atoms with van der Waals surface area (Å²) in [5.74, 6) is -0.446. The van der Waals surface area contributed by atoms with Crippen LogP contribution in [0.3, 0.4) is 0 Å². The van der Waals surface area contributed by atoms with Gasteiger partial charge in [0.2, 0.25) is 5.91 Å². The van der Waals surface area contributed by atoms with Gasteiger partial charge in [0.15, 0.2) is 0 Å². The molecule has 0 atom stereocenters. The summed E-state index contributed by atoms with van der Waals surface area (Å²) in [4.78, 5) is 11.0.